The van der Waals surface area contributed by atoms with Crippen LogP contribution in [-0.2, 0) is 0 Å². The van der Waals surface area contributed by atoms with Crippen LogP contribution in [0.4, 0.5) is 10.1 Å². The molecule has 6 heteroatoms. The lowest BCUT2D eigenvalue weighted by atomic mass is 10.0. The van der Waals surface area contributed by atoms with E-state index in [0.717, 1.165) is 17.0 Å². The third-order valence-corrected chi connectivity index (χ3v) is 6.14. The van der Waals surface area contributed by atoms with E-state index in [1.54, 1.807) is 12.1 Å². The van der Waals surface area contributed by atoms with Crippen LogP contribution in [0, 0.1) is 5.82 Å². The second kappa shape index (κ2) is 9.51. The molecule has 0 N–H and O–H groups in total. The van der Waals surface area contributed by atoms with E-state index < -0.39 is 0 Å². The first kappa shape index (κ1) is 21.9. The lowest BCUT2D eigenvalue weighted by molar-refractivity contribution is 0.0748. The molecule has 3 aromatic carbocycles. The molecule has 0 saturated carbocycles. The molecular formula is C28H26FN3O2. The molecule has 0 unspecified atom stereocenters. The number of anilines is 1. The van der Waals surface area contributed by atoms with Crippen LogP contribution in [0.3, 0.4) is 0 Å². The van der Waals surface area contributed by atoms with E-state index in [2.05, 4.69) is 4.90 Å². The van der Waals surface area contributed by atoms with Crippen molar-refractivity contribution in [2.45, 2.75) is 6.92 Å². The van der Waals surface area contributed by atoms with E-state index in [9.17, 15) is 9.18 Å². The number of carbonyl (C=O) groups excluding carboxylic acids is 1. The fourth-order valence-corrected chi connectivity index (χ4v) is 4.45. The van der Waals surface area contributed by atoms with Gasteiger partial charge >= 0.3 is 0 Å². The Labute approximate surface area is 198 Å². The van der Waals surface area contributed by atoms with Crippen LogP contribution >= 0.6 is 0 Å². The smallest absolute Gasteiger partial charge is 0.254 e. The Morgan fingerprint density at radius 1 is 0.941 bits per heavy atom. The number of amides is 1. The Bertz CT molecular complexity index is 1320. The average molecular weight is 456 g/mol. The van der Waals surface area contributed by atoms with Crippen LogP contribution in [-0.4, -0.2) is 48.6 Å². The van der Waals surface area contributed by atoms with Crippen LogP contribution < -0.4 is 9.64 Å². The molecule has 0 radical (unpaired) electrons. The van der Waals surface area contributed by atoms with Gasteiger partial charge in [-0.15, -0.1) is 0 Å². The number of piperazine rings is 1. The zero-order valence-corrected chi connectivity index (χ0v) is 19.1. The van der Waals surface area contributed by atoms with Crippen LogP contribution in [0.1, 0.15) is 17.3 Å². The number of benzene rings is 3. The summed E-state index contributed by atoms with van der Waals surface area (Å²) in [4.78, 5) is 22.4. The molecule has 34 heavy (non-hydrogen) atoms. The van der Waals surface area contributed by atoms with Crippen LogP contribution in [0.5, 0.6) is 5.75 Å². The van der Waals surface area contributed by atoms with E-state index in [1.165, 1.54) is 12.1 Å². The van der Waals surface area contributed by atoms with Gasteiger partial charge in [-0.3, -0.25) is 4.79 Å². The van der Waals surface area contributed by atoms with Gasteiger partial charge in [-0.1, -0.05) is 42.5 Å². The fraction of sp³-hybridized carbons (Fsp3) is 0.214. The lowest BCUT2D eigenvalue weighted by Gasteiger charge is -2.37. The molecular weight excluding hydrogens is 429 g/mol. The topological polar surface area (TPSA) is 45.7 Å². The van der Waals surface area contributed by atoms with E-state index in [0.29, 0.717) is 54.9 Å². The Hall–Kier alpha value is -3.93. The maximum absolute atomic E-state index is 14.1. The van der Waals surface area contributed by atoms with Crippen molar-refractivity contribution in [1.82, 2.24) is 9.88 Å². The summed E-state index contributed by atoms with van der Waals surface area (Å²) < 4.78 is 19.9. The second-order valence-electron chi connectivity index (χ2n) is 8.26. The van der Waals surface area contributed by atoms with Crippen molar-refractivity contribution in [1.29, 1.82) is 0 Å². The number of nitrogens with zero attached hydrogens (tertiary/aromatic N) is 3. The molecule has 0 spiro atoms. The second-order valence-corrected chi connectivity index (χ2v) is 8.26. The van der Waals surface area contributed by atoms with E-state index >= 15 is 0 Å². The fourth-order valence-electron chi connectivity index (χ4n) is 4.45. The zero-order valence-electron chi connectivity index (χ0n) is 19.1. The number of hydrogen-bond donors (Lipinski definition) is 0. The first-order valence-electron chi connectivity index (χ1n) is 11.6. The van der Waals surface area contributed by atoms with Gasteiger partial charge in [-0.05, 0) is 43.3 Å². The number of fused-ring (bicyclic) bond motifs is 1. The molecule has 0 atom stereocenters. The van der Waals surface area contributed by atoms with Gasteiger partial charge < -0.3 is 14.5 Å². The summed E-state index contributed by atoms with van der Waals surface area (Å²) in [5.74, 6) is 0.369. The number of halogens is 1. The number of aromatic nitrogens is 1. The van der Waals surface area contributed by atoms with Gasteiger partial charge in [-0.2, -0.15) is 0 Å². The van der Waals surface area contributed by atoms with E-state index in [1.807, 2.05) is 66.4 Å². The quantitative estimate of drug-likeness (QED) is 0.404. The van der Waals surface area contributed by atoms with Crippen molar-refractivity contribution in [2.24, 2.45) is 0 Å². The molecule has 0 bridgehead atoms. The Morgan fingerprint density at radius 2 is 1.68 bits per heavy atom. The Kier molecular flexibility index (Phi) is 6.12. The lowest BCUT2D eigenvalue weighted by Crippen LogP contribution is -2.49. The summed E-state index contributed by atoms with van der Waals surface area (Å²) in [7, 11) is 0. The maximum Gasteiger partial charge on any atom is 0.254 e. The Balaban J connectivity index is 1.43. The van der Waals surface area contributed by atoms with Crippen molar-refractivity contribution in [2.75, 3.05) is 37.7 Å². The molecule has 1 aromatic heterocycles. The third kappa shape index (κ3) is 4.31. The third-order valence-electron chi connectivity index (χ3n) is 6.14. The van der Waals surface area contributed by atoms with Crippen molar-refractivity contribution >= 4 is 22.5 Å². The predicted octanol–water partition coefficient (Wildman–Crippen LogP) is 5.40. The summed E-state index contributed by atoms with van der Waals surface area (Å²) in [5, 5.41) is 0.536. The van der Waals surface area contributed by atoms with Crippen LogP contribution in [0.2, 0.25) is 0 Å². The molecule has 1 fully saturated rings. The number of rotatable bonds is 5. The number of ether oxygens (including phenoxy) is 1. The number of hydrogen-bond acceptors (Lipinski definition) is 4. The molecule has 172 valence electrons. The SMILES string of the molecule is CCOc1ccccc1N1CCN(C(=O)c2cc(-c3ccccc3)nc3ccc(F)cc23)CC1. The van der Waals surface area contributed by atoms with Crippen molar-refractivity contribution < 1.29 is 13.9 Å². The van der Waals surface area contributed by atoms with Gasteiger partial charge in [0.05, 0.1) is 29.1 Å². The van der Waals surface area contributed by atoms with Crippen molar-refractivity contribution in [3.8, 4) is 17.0 Å². The van der Waals surface area contributed by atoms with Gasteiger partial charge in [0.1, 0.15) is 11.6 Å². The van der Waals surface area contributed by atoms with Gasteiger partial charge in [-0.25, -0.2) is 9.37 Å². The van der Waals surface area contributed by atoms with E-state index in [-0.39, 0.29) is 11.7 Å². The number of para-hydroxylation sites is 2. The van der Waals surface area contributed by atoms with E-state index in [4.69, 9.17) is 9.72 Å². The highest BCUT2D eigenvalue weighted by atomic mass is 19.1. The molecule has 1 amide bonds. The minimum atomic E-state index is -0.381. The first-order valence-corrected chi connectivity index (χ1v) is 11.6. The molecule has 2 heterocycles. The molecule has 1 aliphatic heterocycles. The molecule has 5 rings (SSSR count). The molecule has 0 aliphatic carbocycles. The Morgan fingerprint density at radius 3 is 2.44 bits per heavy atom. The zero-order chi connectivity index (χ0) is 23.5. The summed E-state index contributed by atoms with van der Waals surface area (Å²) >= 11 is 0. The minimum Gasteiger partial charge on any atom is -0.492 e. The minimum absolute atomic E-state index is 0.104. The largest absolute Gasteiger partial charge is 0.492 e. The maximum atomic E-state index is 14.1. The van der Waals surface area contributed by atoms with Crippen molar-refractivity contribution in [3.05, 3.63) is 90.2 Å². The standard InChI is InChI=1S/C28H26FN3O2/c1-2-34-27-11-7-6-10-26(27)31-14-16-32(17-15-31)28(33)23-19-25(20-8-4-3-5-9-20)30-24-13-12-21(29)18-22(23)24/h3-13,18-19H,2,14-17H2,1H3. The molecule has 4 aromatic rings. The first-order chi connectivity index (χ1) is 16.6. The van der Waals surface area contributed by atoms with Gasteiger partial charge in [0.25, 0.3) is 5.91 Å². The highest BCUT2D eigenvalue weighted by molar-refractivity contribution is 6.07. The van der Waals surface area contributed by atoms with Crippen LogP contribution in [0.25, 0.3) is 22.2 Å². The highest BCUT2D eigenvalue weighted by Crippen LogP contribution is 2.30. The number of pyridine rings is 1. The molecule has 1 aliphatic rings. The number of carbonyl (C=O) groups is 1. The highest BCUT2D eigenvalue weighted by Gasteiger charge is 2.26. The monoisotopic (exact) mass is 455 g/mol. The van der Waals surface area contributed by atoms with Gasteiger partial charge in [0, 0.05) is 37.1 Å². The van der Waals surface area contributed by atoms with Crippen molar-refractivity contribution in [3.63, 3.8) is 0 Å². The molecule has 1 saturated heterocycles. The van der Waals surface area contributed by atoms with Gasteiger partial charge in [0.2, 0.25) is 0 Å². The normalized spacial score (nSPS) is 13.8. The molecule has 5 nitrogen and oxygen atoms in total. The summed E-state index contributed by atoms with van der Waals surface area (Å²) in [6, 6.07) is 23.9. The summed E-state index contributed by atoms with van der Waals surface area (Å²) in [6.45, 7) is 5.10. The average Bonchev–Trinajstić information content (AvgIpc) is 2.89. The van der Waals surface area contributed by atoms with Gasteiger partial charge in [0.15, 0.2) is 0 Å². The van der Waals surface area contributed by atoms with Crippen LogP contribution in [0.15, 0.2) is 78.9 Å². The summed E-state index contributed by atoms with van der Waals surface area (Å²) in [6.07, 6.45) is 0. The predicted molar refractivity (Wildman–Crippen MR) is 133 cm³/mol. The summed E-state index contributed by atoms with van der Waals surface area (Å²) in [5.41, 5.74) is 3.74.